The summed E-state index contributed by atoms with van der Waals surface area (Å²) < 4.78 is 5.98. The van der Waals surface area contributed by atoms with Gasteiger partial charge >= 0.3 is 0 Å². The van der Waals surface area contributed by atoms with Crippen molar-refractivity contribution in [1.29, 1.82) is 0 Å². The molecule has 8 heteroatoms. The number of Topliss-reactive ketones (excluding diaryl/α,β-unsaturated/α-hetero) is 1. The summed E-state index contributed by atoms with van der Waals surface area (Å²) in [4.78, 5) is 27.0. The van der Waals surface area contributed by atoms with Crippen LogP contribution in [-0.4, -0.2) is 60.1 Å². The summed E-state index contributed by atoms with van der Waals surface area (Å²) in [6, 6.07) is 5.32. The van der Waals surface area contributed by atoms with Gasteiger partial charge in [0, 0.05) is 42.6 Å². The molecule has 0 aromatic heterocycles. The van der Waals surface area contributed by atoms with Crippen LogP contribution in [0.25, 0.3) is 0 Å². The van der Waals surface area contributed by atoms with Gasteiger partial charge in [-0.05, 0) is 49.7 Å². The monoisotopic (exact) mass is 508 g/mol. The predicted octanol–water partition coefficient (Wildman–Crippen LogP) is 4.62. The fourth-order valence-electron chi connectivity index (χ4n) is 4.77. The average molecular weight is 509 g/mol. The Hall–Kier alpha value is -1.38. The highest BCUT2D eigenvalue weighted by molar-refractivity contribution is 8.77. The summed E-state index contributed by atoms with van der Waals surface area (Å²) in [6.45, 7) is 4.46. The topological polar surface area (TPSA) is 78.9 Å². The maximum atomic E-state index is 12.8. The third kappa shape index (κ3) is 7.82. The third-order valence-corrected chi connectivity index (χ3v) is 9.62. The van der Waals surface area contributed by atoms with E-state index in [0.717, 1.165) is 35.1 Å². The number of hydrogen-bond donors (Lipinski definition) is 2. The number of carbonyl (C=O) groups is 2. The van der Waals surface area contributed by atoms with E-state index in [1.165, 1.54) is 18.6 Å². The minimum absolute atomic E-state index is 0.0621. The number of aliphatic hydroxyl groups excluding tert-OH is 1. The first-order valence-corrected chi connectivity index (χ1v) is 15.0. The first-order valence-electron chi connectivity index (χ1n) is 12.6. The molecule has 1 unspecified atom stereocenters. The highest BCUT2D eigenvalue weighted by Crippen LogP contribution is 2.40. The van der Waals surface area contributed by atoms with Gasteiger partial charge in [0.1, 0.15) is 17.6 Å². The molecule has 0 aliphatic carbocycles. The lowest BCUT2D eigenvalue weighted by Crippen LogP contribution is -2.54. The van der Waals surface area contributed by atoms with Crippen molar-refractivity contribution in [1.82, 2.24) is 5.32 Å². The van der Waals surface area contributed by atoms with Gasteiger partial charge in [-0.2, -0.15) is 0 Å². The van der Waals surface area contributed by atoms with Crippen LogP contribution in [0.2, 0.25) is 0 Å². The molecule has 2 heterocycles. The molecule has 2 aliphatic heterocycles. The maximum Gasteiger partial charge on any atom is 0.243 e. The van der Waals surface area contributed by atoms with Crippen LogP contribution in [0.1, 0.15) is 64.4 Å². The third-order valence-electron chi connectivity index (χ3n) is 6.61. The van der Waals surface area contributed by atoms with Crippen LogP contribution in [0.5, 0.6) is 5.75 Å². The van der Waals surface area contributed by atoms with Crippen molar-refractivity contribution < 1.29 is 19.4 Å². The standard InChI is InChI=1S/C26H40N2O4S2/c1-18(2)25-26(31)27-20(17-29)15-19-10-11-22(16-24(19)28(25)3)32-13-6-8-21(30)7-4-5-9-23-12-14-33-34-23/h10-11,16,18,20,23,25,29H,4-9,12-15,17H2,1-3H3,(H,27,31)/t20-,23?,25-/m0/s1. The number of amides is 1. The van der Waals surface area contributed by atoms with E-state index in [-0.39, 0.29) is 30.5 Å². The van der Waals surface area contributed by atoms with E-state index < -0.39 is 0 Å². The minimum atomic E-state index is -0.327. The molecule has 1 saturated heterocycles. The molecule has 0 saturated carbocycles. The number of rotatable bonds is 12. The van der Waals surface area contributed by atoms with E-state index in [1.807, 2.05) is 65.6 Å². The number of anilines is 1. The van der Waals surface area contributed by atoms with Crippen LogP contribution in [0, 0.1) is 5.92 Å². The summed E-state index contributed by atoms with van der Waals surface area (Å²) in [7, 11) is 5.93. The first-order chi connectivity index (χ1) is 16.4. The van der Waals surface area contributed by atoms with Crippen LogP contribution in [0.4, 0.5) is 5.69 Å². The number of likely N-dealkylation sites (N-methyl/N-ethyl adjacent to an activating group) is 1. The lowest BCUT2D eigenvalue weighted by molar-refractivity contribution is -0.124. The zero-order chi connectivity index (χ0) is 24.5. The Kier molecular flexibility index (Phi) is 10.9. The number of fused-ring (bicyclic) bond motifs is 1. The largest absolute Gasteiger partial charge is 0.494 e. The van der Waals surface area contributed by atoms with Crippen molar-refractivity contribution in [2.24, 2.45) is 5.92 Å². The summed E-state index contributed by atoms with van der Waals surface area (Å²) in [5, 5.41) is 13.5. The van der Waals surface area contributed by atoms with E-state index >= 15 is 0 Å². The molecule has 2 N–H and O–H groups in total. The van der Waals surface area contributed by atoms with Crippen molar-refractivity contribution in [2.75, 3.05) is 30.9 Å². The number of ether oxygens (including phenoxy) is 1. The van der Waals surface area contributed by atoms with E-state index in [4.69, 9.17) is 4.74 Å². The summed E-state index contributed by atoms with van der Waals surface area (Å²) in [5.41, 5.74) is 2.03. The number of ketones is 1. The van der Waals surface area contributed by atoms with Gasteiger partial charge in [-0.15, -0.1) is 0 Å². The molecule has 190 valence electrons. The number of nitrogens with zero attached hydrogens (tertiary/aromatic N) is 1. The van der Waals surface area contributed by atoms with E-state index in [2.05, 4.69) is 5.32 Å². The number of benzene rings is 1. The minimum Gasteiger partial charge on any atom is -0.494 e. The van der Waals surface area contributed by atoms with Crippen molar-refractivity contribution in [3.8, 4) is 5.75 Å². The fraction of sp³-hybridized carbons (Fsp3) is 0.692. The number of nitrogens with one attached hydrogen (secondary N) is 1. The fourth-order valence-corrected chi connectivity index (χ4v) is 7.79. The van der Waals surface area contributed by atoms with E-state index in [1.54, 1.807) is 0 Å². The molecule has 0 spiro atoms. The van der Waals surface area contributed by atoms with Gasteiger partial charge in [0.05, 0.1) is 19.3 Å². The lowest BCUT2D eigenvalue weighted by atomic mass is 9.95. The zero-order valence-corrected chi connectivity index (χ0v) is 22.4. The van der Waals surface area contributed by atoms with Gasteiger partial charge in [0.25, 0.3) is 0 Å². The van der Waals surface area contributed by atoms with Gasteiger partial charge in [-0.1, -0.05) is 47.9 Å². The molecular formula is C26H40N2O4S2. The molecule has 6 nitrogen and oxygen atoms in total. The molecule has 0 bridgehead atoms. The van der Waals surface area contributed by atoms with E-state index in [0.29, 0.717) is 38.1 Å². The molecule has 1 aromatic carbocycles. The second kappa shape index (κ2) is 13.6. The average Bonchev–Trinajstić information content (AvgIpc) is 3.32. The molecule has 34 heavy (non-hydrogen) atoms. The Bertz CT molecular complexity index is 814. The lowest BCUT2D eigenvalue weighted by Gasteiger charge is -2.37. The predicted molar refractivity (Wildman–Crippen MR) is 143 cm³/mol. The van der Waals surface area contributed by atoms with Crippen LogP contribution in [-0.2, 0) is 16.0 Å². The van der Waals surface area contributed by atoms with Crippen LogP contribution >= 0.6 is 21.6 Å². The Morgan fingerprint density at radius 3 is 2.76 bits per heavy atom. The molecule has 1 fully saturated rings. The Morgan fingerprint density at radius 1 is 1.26 bits per heavy atom. The second-order valence-electron chi connectivity index (χ2n) is 9.75. The van der Waals surface area contributed by atoms with Crippen molar-refractivity contribution in [2.45, 2.75) is 82.5 Å². The van der Waals surface area contributed by atoms with Crippen LogP contribution in [0.15, 0.2) is 18.2 Å². The summed E-state index contributed by atoms with van der Waals surface area (Å²) in [5.74, 6) is 2.39. The molecule has 2 aliphatic rings. The highest BCUT2D eigenvalue weighted by atomic mass is 33.1. The second-order valence-corrected chi connectivity index (χ2v) is 12.5. The van der Waals surface area contributed by atoms with Crippen molar-refractivity contribution in [3.63, 3.8) is 0 Å². The zero-order valence-electron chi connectivity index (χ0n) is 20.8. The smallest absolute Gasteiger partial charge is 0.243 e. The van der Waals surface area contributed by atoms with Gasteiger partial charge in [-0.3, -0.25) is 9.59 Å². The maximum absolute atomic E-state index is 12.8. The quantitative estimate of drug-likeness (QED) is 0.315. The Morgan fingerprint density at radius 2 is 2.06 bits per heavy atom. The van der Waals surface area contributed by atoms with Gasteiger partial charge < -0.3 is 20.1 Å². The van der Waals surface area contributed by atoms with Gasteiger partial charge in [0.2, 0.25) is 5.91 Å². The first kappa shape index (κ1) is 27.2. The summed E-state index contributed by atoms with van der Waals surface area (Å²) in [6.07, 6.45) is 7.22. The van der Waals surface area contributed by atoms with E-state index in [9.17, 15) is 14.7 Å². The van der Waals surface area contributed by atoms with Gasteiger partial charge in [-0.25, -0.2) is 0 Å². The van der Waals surface area contributed by atoms with Gasteiger partial charge in [0.15, 0.2) is 0 Å². The van der Waals surface area contributed by atoms with Crippen LogP contribution < -0.4 is 15.0 Å². The normalized spacial score (nSPS) is 22.8. The molecule has 3 rings (SSSR count). The molecule has 1 amide bonds. The Labute approximate surface area is 212 Å². The van der Waals surface area contributed by atoms with Crippen molar-refractivity contribution in [3.05, 3.63) is 23.8 Å². The Balaban J connectivity index is 1.48. The number of carbonyl (C=O) groups excluding carboxylic acids is 2. The molecule has 0 radical (unpaired) electrons. The molecular weight excluding hydrogens is 468 g/mol. The summed E-state index contributed by atoms with van der Waals surface area (Å²) >= 11 is 0. The number of unbranched alkanes of at least 4 members (excludes halogenated alkanes) is 1. The highest BCUT2D eigenvalue weighted by Gasteiger charge is 2.32. The van der Waals surface area contributed by atoms with Crippen LogP contribution in [0.3, 0.4) is 0 Å². The SMILES string of the molecule is CC(C)[C@H]1C(=O)N[C@H](CO)Cc2ccc(OCCCC(=O)CCCCC3CCSS3)cc2N1C. The number of aliphatic hydroxyl groups is 1. The molecule has 3 atom stereocenters. The van der Waals surface area contributed by atoms with Crippen molar-refractivity contribution >= 4 is 39.0 Å². The number of hydrogen-bond acceptors (Lipinski definition) is 7. The molecule has 1 aromatic rings.